The number of nitriles is 1. The van der Waals surface area contributed by atoms with Crippen molar-refractivity contribution in [3.63, 3.8) is 0 Å². The number of benzene rings is 4. The summed E-state index contributed by atoms with van der Waals surface area (Å²) in [7, 11) is 0. The third kappa shape index (κ3) is 4.85. The van der Waals surface area contributed by atoms with Gasteiger partial charge in [-0.1, -0.05) is 78.3 Å². The van der Waals surface area contributed by atoms with Crippen LogP contribution in [0.5, 0.6) is 5.75 Å². The van der Waals surface area contributed by atoms with Crippen LogP contribution in [0.15, 0.2) is 90.0 Å². The van der Waals surface area contributed by atoms with E-state index in [1.165, 1.54) is 0 Å². The summed E-state index contributed by atoms with van der Waals surface area (Å²) in [5.74, 6) is 0.703. The van der Waals surface area contributed by atoms with Gasteiger partial charge >= 0.3 is 0 Å². The molecule has 4 aromatic carbocycles. The molecule has 0 spiro atoms. The molecular formula is C26H20ClN3O. The molecule has 0 bridgehead atoms. The zero-order valence-electron chi connectivity index (χ0n) is 16.8. The second kappa shape index (κ2) is 9.80. The Morgan fingerprint density at radius 2 is 1.65 bits per heavy atom. The summed E-state index contributed by atoms with van der Waals surface area (Å²) in [5, 5.41) is 16.6. The Bertz CT molecular complexity index is 1280. The molecule has 0 atom stereocenters. The van der Waals surface area contributed by atoms with E-state index < -0.39 is 0 Å². The van der Waals surface area contributed by atoms with Crippen molar-refractivity contribution in [3.05, 3.63) is 112 Å². The highest BCUT2D eigenvalue weighted by molar-refractivity contribution is 6.31. The SMILES string of the molecule is N#Cc1ccccc1COc1ccc2ccccc2c1/C=N\NCc1ccccc1Cl. The standard InChI is InChI=1S/C26H20ClN3O/c27-25-12-6-4-9-21(25)16-29-30-17-24-23-11-5-3-7-19(23)13-14-26(24)31-18-22-10-2-1-8-20(22)15-28/h1-14,17,29H,16,18H2/b30-17-. The maximum absolute atomic E-state index is 9.32. The maximum Gasteiger partial charge on any atom is 0.129 e. The molecule has 0 saturated carbocycles. The van der Waals surface area contributed by atoms with Gasteiger partial charge in [0.1, 0.15) is 12.4 Å². The number of nitrogens with zero attached hydrogens (tertiary/aromatic N) is 2. The number of fused-ring (bicyclic) bond motifs is 1. The Balaban J connectivity index is 1.58. The molecule has 0 saturated heterocycles. The first-order chi connectivity index (χ1) is 15.3. The topological polar surface area (TPSA) is 57.4 Å². The van der Waals surface area contributed by atoms with E-state index in [1.807, 2.05) is 72.8 Å². The predicted molar refractivity (Wildman–Crippen MR) is 125 cm³/mol. The Labute approximate surface area is 186 Å². The van der Waals surface area contributed by atoms with Crippen LogP contribution >= 0.6 is 11.6 Å². The zero-order valence-corrected chi connectivity index (χ0v) is 17.5. The van der Waals surface area contributed by atoms with E-state index in [-0.39, 0.29) is 0 Å². The summed E-state index contributed by atoms with van der Waals surface area (Å²) < 4.78 is 6.12. The highest BCUT2D eigenvalue weighted by Crippen LogP contribution is 2.27. The van der Waals surface area contributed by atoms with Crippen LogP contribution < -0.4 is 10.2 Å². The van der Waals surface area contributed by atoms with Gasteiger partial charge in [-0.05, 0) is 34.5 Å². The first kappa shape index (κ1) is 20.5. The summed E-state index contributed by atoms with van der Waals surface area (Å²) in [6.07, 6.45) is 1.77. The van der Waals surface area contributed by atoms with Crippen molar-refractivity contribution in [2.24, 2.45) is 5.10 Å². The van der Waals surface area contributed by atoms with Gasteiger partial charge in [-0.15, -0.1) is 0 Å². The average molecular weight is 426 g/mol. The number of hydrazone groups is 1. The molecule has 0 aliphatic carbocycles. The van der Waals surface area contributed by atoms with Gasteiger partial charge in [0.15, 0.2) is 0 Å². The monoisotopic (exact) mass is 425 g/mol. The van der Waals surface area contributed by atoms with Crippen LogP contribution in [-0.2, 0) is 13.2 Å². The molecule has 0 amide bonds. The average Bonchev–Trinajstić information content (AvgIpc) is 2.82. The number of ether oxygens (including phenoxy) is 1. The minimum atomic E-state index is 0.302. The fourth-order valence-corrected chi connectivity index (χ4v) is 3.53. The highest BCUT2D eigenvalue weighted by atomic mass is 35.5. The third-order valence-electron chi connectivity index (χ3n) is 4.96. The van der Waals surface area contributed by atoms with Gasteiger partial charge in [0, 0.05) is 16.1 Å². The molecule has 0 aliphatic rings. The minimum absolute atomic E-state index is 0.302. The summed E-state index contributed by atoms with van der Waals surface area (Å²) in [6, 6.07) is 29.4. The summed E-state index contributed by atoms with van der Waals surface area (Å²) in [4.78, 5) is 0. The smallest absolute Gasteiger partial charge is 0.129 e. The molecule has 0 aromatic heterocycles. The lowest BCUT2D eigenvalue weighted by Crippen LogP contribution is -2.07. The quantitative estimate of drug-likeness (QED) is 0.289. The summed E-state index contributed by atoms with van der Waals surface area (Å²) in [5.41, 5.74) is 6.37. The first-order valence-corrected chi connectivity index (χ1v) is 10.3. The molecule has 1 N–H and O–H groups in total. The Morgan fingerprint density at radius 1 is 0.903 bits per heavy atom. The molecule has 0 aliphatic heterocycles. The molecule has 0 fully saturated rings. The van der Waals surface area contributed by atoms with E-state index in [1.54, 1.807) is 12.3 Å². The molecule has 0 radical (unpaired) electrons. The van der Waals surface area contributed by atoms with Crippen molar-refractivity contribution in [2.75, 3.05) is 0 Å². The number of rotatable bonds is 7. The molecule has 4 aromatic rings. The highest BCUT2D eigenvalue weighted by Gasteiger charge is 2.09. The predicted octanol–water partition coefficient (Wildman–Crippen LogP) is 6.07. The number of hydrogen-bond donors (Lipinski definition) is 1. The van der Waals surface area contributed by atoms with Crippen molar-refractivity contribution >= 4 is 28.6 Å². The fraction of sp³-hybridized carbons (Fsp3) is 0.0769. The number of halogens is 1. The van der Waals surface area contributed by atoms with Crippen molar-refractivity contribution in [1.82, 2.24) is 5.43 Å². The van der Waals surface area contributed by atoms with Crippen LogP contribution in [0.3, 0.4) is 0 Å². The summed E-state index contributed by atoms with van der Waals surface area (Å²) >= 11 is 6.21. The first-order valence-electron chi connectivity index (χ1n) is 9.88. The van der Waals surface area contributed by atoms with Gasteiger partial charge in [0.2, 0.25) is 0 Å². The van der Waals surface area contributed by atoms with Crippen molar-refractivity contribution < 1.29 is 4.74 Å². The van der Waals surface area contributed by atoms with Crippen LogP contribution in [0.1, 0.15) is 22.3 Å². The third-order valence-corrected chi connectivity index (χ3v) is 5.33. The van der Waals surface area contributed by atoms with Crippen molar-refractivity contribution in [3.8, 4) is 11.8 Å². The van der Waals surface area contributed by atoms with Gasteiger partial charge in [-0.25, -0.2) is 0 Å². The molecule has 152 valence electrons. The van der Waals surface area contributed by atoms with E-state index in [2.05, 4.69) is 22.7 Å². The Kier molecular flexibility index (Phi) is 6.47. The lowest BCUT2D eigenvalue weighted by Gasteiger charge is -2.12. The maximum atomic E-state index is 9.32. The van der Waals surface area contributed by atoms with Crippen LogP contribution in [-0.4, -0.2) is 6.21 Å². The van der Waals surface area contributed by atoms with Gasteiger partial charge in [0.25, 0.3) is 0 Å². The molecular weight excluding hydrogens is 406 g/mol. The van der Waals surface area contributed by atoms with Crippen molar-refractivity contribution in [1.29, 1.82) is 5.26 Å². The molecule has 31 heavy (non-hydrogen) atoms. The normalized spacial score (nSPS) is 10.8. The Morgan fingerprint density at radius 3 is 2.48 bits per heavy atom. The van der Waals surface area contributed by atoms with Gasteiger partial charge in [-0.3, -0.25) is 0 Å². The minimum Gasteiger partial charge on any atom is -0.488 e. The number of hydrogen-bond acceptors (Lipinski definition) is 4. The van der Waals surface area contributed by atoms with E-state index in [4.69, 9.17) is 16.3 Å². The molecule has 0 heterocycles. The summed E-state index contributed by atoms with van der Waals surface area (Å²) in [6.45, 7) is 0.822. The lowest BCUT2D eigenvalue weighted by molar-refractivity contribution is 0.306. The van der Waals surface area contributed by atoms with Crippen LogP contribution in [0.4, 0.5) is 0 Å². The second-order valence-corrected chi connectivity index (χ2v) is 7.35. The molecule has 4 rings (SSSR count). The van der Waals surface area contributed by atoms with Crippen LogP contribution in [0, 0.1) is 11.3 Å². The van der Waals surface area contributed by atoms with Crippen LogP contribution in [0.25, 0.3) is 10.8 Å². The van der Waals surface area contributed by atoms with Crippen molar-refractivity contribution in [2.45, 2.75) is 13.2 Å². The second-order valence-electron chi connectivity index (χ2n) is 6.94. The van der Waals surface area contributed by atoms with Gasteiger partial charge in [0.05, 0.1) is 24.4 Å². The fourth-order valence-electron chi connectivity index (χ4n) is 3.33. The van der Waals surface area contributed by atoms with E-state index in [9.17, 15) is 5.26 Å². The van der Waals surface area contributed by atoms with Gasteiger partial charge in [-0.2, -0.15) is 10.4 Å². The lowest BCUT2D eigenvalue weighted by atomic mass is 10.0. The van der Waals surface area contributed by atoms with Crippen LogP contribution in [0.2, 0.25) is 5.02 Å². The van der Waals surface area contributed by atoms with Gasteiger partial charge < -0.3 is 10.2 Å². The Hall–Kier alpha value is -3.81. The molecule has 4 nitrogen and oxygen atoms in total. The van der Waals surface area contributed by atoms with E-state index in [0.29, 0.717) is 29.5 Å². The number of nitrogens with one attached hydrogen (secondary N) is 1. The molecule has 0 unspecified atom stereocenters. The zero-order chi connectivity index (χ0) is 21.5. The molecule has 5 heteroatoms. The van der Waals surface area contributed by atoms with E-state index >= 15 is 0 Å². The largest absolute Gasteiger partial charge is 0.488 e. The van der Waals surface area contributed by atoms with E-state index in [0.717, 1.165) is 27.5 Å².